The summed E-state index contributed by atoms with van der Waals surface area (Å²) in [7, 11) is 0. The molecule has 1 aromatic carbocycles. The van der Waals surface area contributed by atoms with E-state index in [1.165, 1.54) is 24.0 Å². The molecule has 0 radical (unpaired) electrons. The maximum Gasteiger partial charge on any atom is 0.0721 e. The summed E-state index contributed by atoms with van der Waals surface area (Å²) in [6.07, 6.45) is 3.94. The number of piperidine rings is 1. The Hall–Kier alpha value is -0.860. The molecule has 1 N–H and O–H groups in total. The largest absolute Gasteiger partial charge is 0.372 e. The van der Waals surface area contributed by atoms with E-state index < -0.39 is 0 Å². The maximum atomic E-state index is 5.88. The number of nitrogens with one attached hydrogen (secondary N) is 1. The smallest absolute Gasteiger partial charge is 0.0721 e. The summed E-state index contributed by atoms with van der Waals surface area (Å²) < 4.78 is 5.88. The lowest BCUT2D eigenvalue weighted by Crippen LogP contribution is -2.35. The Balaban J connectivity index is 1.79. The van der Waals surface area contributed by atoms with Crippen LogP contribution in [-0.4, -0.2) is 19.2 Å². The molecule has 1 saturated heterocycles. The number of ether oxygens (including phenoxy) is 1. The molecule has 2 rings (SSSR count). The molecule has 1 aromatic rings. The zero-order chi connectivity index (χ0) is 11.2. The SMILES string of the molecule is CCc1ccc(COC2CCCNC2)cc1. The van der Waals surface area contributed by atoms with Gasteiger partial charge >= 0.3 is 0 Å². The molecule has 2 heteroatoms. The van der Waals surface area contributed by atoms with Crippen LogP contribution in [0.25, 0.3) is 0 Å². The van der Waals surface area contributed by atoms with Crippen molar-refractivity contribution in [2.45, 2.75) is 38.9 Å². The minimum absolute atomic E-state index is 0.402. The second-order valence-electron chi connectivity index (χ2n) is 4.45. The van der Waals surface area contributed by atoms with Crippen molar-refractivity contribution < 1.29 is 4.74 Å². The Labute approximate surface area is 98.0 Å². The van der Waals surface area contributed by atoms with Gasteiger partial charge in [0.2, 0.25) is 0 Å². The van der Waals surface area contributed by atoms with Crippen molar-refractivity contribution in [2.75, 3.05) is 13.1 Å². The van der Waals surface area contributed by atoms with E-state index >= 15 is 0 Å². The Morgan fingerprint density at radius 1 is 1.25 bits per heavy atom. The lowest BCUT2D eigenvalue weighted by Gasteiger charge is -2.23. The van der Waals surface area contributed by atoms with E-state index in [0.717, 1.165) is 26.1 Å². The van der Waals surface area contributed by atoms with Gasteiger partial charge in [0.25, 0.3) is 0 Å². The van der Waals surface area contributed by atoms with Crippen LogP contribution in [0.15, 0.2) is 24.3 Å². The van der Waals surface area contributed by atoms with Crippen LogP contribution < -0.4 is 5.32 Å². The predicted octanol–water partition coefficient (Wildman–Crippen LogP) is 2.52. The highest BCUT2D eigenvalue weighted by molar-refractivity contribution is 5.21. The van der Waals surface area contributed by atoms with Crippen molar-refractivity contribution in [3.63, 3.8) is 0 Å². The van der Waals surface area contributed by atoms with E-state index in [4.69, 9.17) is 4.74 Å². The van der Waals surface area contributed by atoms with Crippen LogP contribution in [0.4, 0.5) is 0 Å². The Kier molecular flexibility index (Phi) is 4.37. The lowest BCUT2D eigenvalue weighted by molar-refractivity contribution is 0.0253. The predicted molar refractivity (Wildman–Crippen MR) is 66.5 cm³/mol. The summed E-state index contributed by atoms with van der Waals surface area (Å²) in [4.78, 5) is 0. The molecule has 0 aliphatic carbocycles. The molecule has 1 unspecified atom stereocenters. The van der Waals surface area contributed by atoms with E-state index in [0.29, 0.717) is 6.10 Å². The highest BCUT2D eigenvalue weighted by Crippen LogP contribution is 2.11. The van der Waals surface area contributed by atoms with Gasteiger partial charge in [0.1, 0.15) is 0 Å². The van der Waals surface area contributed by atoms with E-state index in [1.54, 1.807) is 0 Å². The van der Waals surface area contributed by atoms with Gasteiger partial charge in [0.15, 0.2) is 0 Å². The van der Waals surface area contributed by atoms with Crippen LogP contribution in [0.5, 0.6) is 0 Å². The minimum atomic E-state index is 0.402. The molecule has 2 nitrogen and oxygen atoms in total. The quantitative estimate of drug-likeness (QED) is 0.840. The molecule has 1 heterocycles. The van der Waals surface area contributed by atoms with Crippen molar-refractivity contribution in [2.24, 2.45) is 0 Å². The van der Waals surface area contributed by atoms with Gasteiger partial charge in [0.05, 0.1) is 12.7 Å². The van der Waals surface area contributed by atoms with Crippen molar-refractivity contribution >= 4 is 0 Å². The summed E-state index contributed by atoms with van der Waals surface area (Å²) in [6, 6.07) is 8.74. The zero-order valence-corrected chi connectivity index (χ0v) is 10.0. The van der Waals surface area contributed by atoms with Crippen LogP contribution in [0.3, 0.4) is 0 Å². The summed E-state index contributed by atoms with van der Waals surface area (Å²) in [5, 5.41) is 3.36. The summed E-state index contributed by atoms with van der Waals surface area (Å²) in [5.41, 5.74) is 2.67. The van der Waals surface area contributed by atoms with Crippen LogP contribution in [0.1, 0.15) is 30.9 Å². The molecule has 16 heavy (non-hydrogen) atoms. The number of rotatable bonds is 4. The third kappa shape index (κ3) is 3.32. The van der Waals surface area contributed by atoms with Gasteiger partial charge in [-0.05, 0) is 36.9 Å². The Morgan fingerprint density at radius 2 is 2.00 bits per heavy atom. The molecule has 1 aliphatic rings. The van der Waals surface area contributed by atoms with E-state index in [-0.39, 0.29) is 0 Å². The molecule has 0 amide bonds. The number of benzene rings is 1. The normalized spacial score (nSPS) is 20.9. The summed E-state index contributed by atoms with van der Waals surface area (Å²) in [5.74, 6) is 0. The number of aryl methyl sites for hydroxylation is 1. The molecule has 0 aromatic heterocycles. The topological polar surface area (TPSA) is 21.3 Å². The third-order valence-corrected chi connectivity index (χ3v) is 3.17. The molecule has 0 spiro atoms. The lowest BCUT2D eigenvalue weighted by atomic mass is 10.1. The molecule has 88 valence electrons. The summed E-state index contributed by atoms with van der Waals surface area (Å²) >= 11 is 0. The molecule has 0 saturated carbocycles. The van der Waals surface area contributed by atoms with Crippen molar-refractivity contribution in [1.82, 2.24) is 5.32 Å². The first-order chi connectivity index (χ1) is 7.88. The van der Waals surface area contributed by atoms with Gasteiger partial charge in [-0.2, -0.15) is 0 Å². The van der Waals surface area contributed by atoms with Crippen molar-refractivity contribution in [3.8, 4) is 0 Å². The monoisotopic (exact) mass is 219 g/mol. The second kappa shape index (κ2) is 6.02. The first kappa shape index (κ1) is 11.6. The number of hydrogen-bond acceptors (Lipinski definition) is 2. The van der Waals surface area contributed by atoms with E-state index in [2.05, 4.69) is 36.5 Å². The average molecular weight is 219 g/mol. The van der Waals surface area contributed by atoms with Gasteiger partial charge in [-0.3, -0.25) is 0 Å². The molecule has 0 bridgehead atoms. The van der Waals surface area contributed by atoms with E-state index in [9.17, 15) is 0 Å². The van der Waals surface area contributed by atoms with Crippen LogP contribution in [-0.2, 0) is 17.8 Å². The van der Waals surface area contributed by atoms with E-state index in [1.807, 2.05) is 0 Å². The Morgan fingerprint density at radius 3 is 2.62 bits per heavy atom. The third-order valence-electron chi connectivity index (χ3n) is 3.17. The second-order valence-corrected chi connectivity index (χ2v) is 4.45. The van der Waals surface area contributed by atoms with Crippen LogP contribution in [0.2, 0.25) is 0 Å². The van der Waals surface area contributed by atoms with Gasteiger partial charge in [-0.25, -0.2) is 0 Å². The molecule has 1 atom stereocenters. The summed E-state index contributed by atoms with van der Waals surface area (Å²) in [6.45, 7) is 5.08. The van der Waals surface area contributed by atoms with Gasteiger partial charge in [0, 0.05) is 6.54 Å². The first-order valence-electron chi connectivity index (χ1n) is 6.28. The van der Waals surface area contributed by atoms with Crippen LogP contribution in [0, 0.1) is 0 Å². The fourth-order valence-corrected chi connectivity index (χ4v) is 2.05. The fourth-order valence-electron chi connectivity index (χ4n) is 2.05. The first-order valence-corrected chi connectivity index (χ1v) is 6.28. The van der Waals surface area contributed by atoms with Crippen molar-refractivity contribution in [1.29, 1.82) is 0 Å². The molecule has 1 aliphatic heterocycles. The number of hydrogen-bond donors (Lipinski definition) is 1. The van der Waals surface area contributed by atoms with Gasteiger partial charge < -0.3 is 10.1 Å². The maximum absolute atomic E-state index is 5.88. The average Bonchev–Trinajstić information content (AvgIpc) is 2.38. The standard InChI is InChI=1S/C14H21NO/c1-2-12-5-7-13(8-6-12)11-16-14-4-3-9-15-10-14/h5-8,14-15H,2-4,9-11H2,1H3. The van der Waals surface area contributed by atoms with Crippen LogP contribution >= 0.6 is 0 Å². The zero-order valence-electron chi connectivity index (χ0n) is 10.0. The fraction of sp³-hybridized carbons (Fsp3) is 0.571. The highest BCUT2D eigenvalue weighted by atomic mass is 16.5. The van der Waals surface area contributed by atoms with Crippen molar-refractivity contribution in [3.05, 3.63) is 35.4 Å². The molecular weight excluding hydrogens is 198 g/mol. The molecule has 1 fully saturated rings. The minimum Gasteiger partial charge on any atom is -0.372 e. The molecular formula is C14H21NO. The van der Waals surface area contributed by atoms with Gasteiger partial charge in [-0.15, -0.1) is 0 Å². The van der Waals surface area contributed by atoms with Gasteiger partial charge in [-0.1, -0.05) is 31.2 Å². The Bertz CT molecular complexity index is 301. The highest BCUT2D eigenvalue weighted by Gasteiger charge is 2.12.